The van der Waals surface area contributed by atoms with Crippen molar-refractivity contribution >= 4 is 11.6 Å². The minimum atomic E-state index is -0.0288. The molecule has 2 rings (SSSR count). The summed E-state index contributed by atoms with van der Waals surface area (Å²) in [6, 6.07) is 7.80. The minimum Gasteiger partial charge on any atom is -0.278 e. The second-order valence-corrected chi connectivity index (χ2v) is 3.33. The summed E-state index contributed by atoms with van der Waals surface area (Å²) in [7, 11) is 0. The fraction of sp³-hybridized carbons (Fsp3) is 0.0833. The van der Waals surface area contributed by atoms with Crippen molar-refractivity contribution in [3.05, 3.63) is 54.3 Å². The third-order valence-corrected chi connectivity index (χ3v) is 2.22. The molecule has 2 nitrogen and oxygen atoms in total. The zero-order chi connectivity index (χ0) is 10.1. The highest BCUT2D eigenvalue weighted by atomic mass is 16.2. The van der Waals surface area contributed by atoms with Crippen LogP contribution in [0.3, 0.4) is 0 Å². The van der Waals surface area contributed by atoms with Crippen LogP contribution in [0.15, 0.2) is 48.7 Å². The molecule has 0 spiro atoms. The summed E-state index contributed by atoms with van der Waals surface area (Å²) in [4.78, 5) is 13.0. The molecule has 0 saturated heterocycles. The fourth-order valence-electron chi connectivity index (χ4n) is 1.44. The van der Waals surface area contributed by atoms with E-state index in [4.69, 9.17) is 0 Å². The monoisotopic (exact) mass is 185 g/mol. The molecule has 0 radical (unpaired) electrons. The molecular weight excluding hydrogens is 174 g/mol. The number of nitrogens with zero attached hydrogens (tertiary/aromatic N) is 1. The maximum atomic E-state index is 11.4. The molecule has 0 fully saturated rings. The Morgan fingerprint density at radius 1 is 1.14 bits per heavy atom. The van der Waals surface area contributed by atoms with E-state index in [2.05, 4.69) is 6.58 Å². The van der Waals surface area contributed by atoms with Gasteiger partial charge in [-0.1, -0.05) is 24.3 Å². The summed E-state index contributed by atoms with van der Waals surface area (Å²) in [5.74, 6) is -0.0288. The lowest BCUT2D eigenvalue weighted by Crippen LogP contribution is -2.22. The van der Waals surface area contributed by atoms with E-state index in [0.717, 1.165) is 11.4 Å². The second kappa shape index (κ2) is 3.14. The summed E-state index contributed by atoms with van der Waals surface area (Å²) in [5, 5.41) is 0. The van der Waals surface area contributed by atoms with Crippen molar-refractivity contribution < 1.29 is 4.79 Å². The number of aryl methyl sites for hydroxylation is 1. The van der Waals surface area contributed by atoms with Crippen LogP contribution in [0.5, 0.6) is 0 Å². The Hall–Kier alpha value is -1.83. The van der Waals surface area contributed by atoms with Crippen LogP contribution in [0.2, 0.25) is 0 Å². The lowest BCUT2D eigenvalue weighted by molar-refractivity contribution is -0.113. The first-order chi connectivity index (χ1) is 6.68. The quantitative estimate of drug-likeness (QED) is 0.658. The summed E-state index contributed by atoms with van der Waals surface area (Å²) in [6.07, 6.45) is 3.25. The molecule has 0 aliphatic carbocycles. The number of carbonyl (C=O) groups excluding carboxylic acids is 1. The van der Waals surface area contributed by atoms with Gasteiger partial charge in [-0.15, -0.1) is 0 Å². The molecule has 1 heterocycles. The largest absolute Gasteiger partial charge is 0.278 e. The normalized spacial score (nSPS) is 15.4. The van der Waals surface area contributed by atoms with Gasteiger partial charge in [-0.25, -0.2) is 0 Å². The average molecular weight is 185 g/mol. The Morgan fingerprint density at radius 3 is 2.29 bits per heavy atom. The molecule has 70 valence electrons. The zero-order valence-corrected chi connectivity index (χ0v) is 8.03. The van der Waals surface area contributed by atoms with Crippen molar-refractivity contribution in [2.24, 2.45) is 0 Å². The number of hydrogen-bond acceptors (Lipinski definition) is 1. The Balaban J connectivity index is 2.36. The molecule has 1 aromatic carbocycles. The molecule has 0 atom stereocenters. The number of amides is 1. The lowest BCUT2D eigenvalue weighted by Gasteiger charge is -2.17. The van der Waals surface area contributed by atoms with Crippen LogP contribution >= 0.6 is 0 Å². The van der Waals surface area contributed by atoms with Crippen LogP contribution in [0.4, 0.5) is 5.69 Å². The Bertz CT molecular complexity index is 396. The van der Waals surface area contributed by atoms with Crippen molar-refractivity contribution in [3.63, 3.8) is 0 Å². The number of carbonyl (C=O) groups is 1. The average Bonchev–Trinajstić information content (AvgIpc) is 2.49. The molecule has 0 aromatic heterocycles. The van der Waals surface area contributed by atoms with Gasteiger partial charge < -0.3 is 0 Å². The van der Waals surface area contributed by atoms with Crippen LogP contribution in [0, 0.1) is 6.92 Å². The molecule has 1 aliphatic heterocycles. The third-order valence-electron chi connectivity index (χ3n) is 2.22. The highest BCUT2D eigenvalue weighted by Gasteiger charge is 2.19. The van der Waals surface area contributed by atoms with Crippen LogP contribution in [0.1, 0.15) is 5.56 Å². The Morgan fingerprint density at radius 2 is 1.79 bits per heavy atom. The predicted octanol–water partition coefficient (Wildman–Crippen LogP) is 2.41. The van der Waals surface area contributed by atoms with Gasteiger partial charge in [0, 0.05) is 17.5 Å². The van der Waals surface area contributed by atoms with E-state index in [1.165, 1.54) is 11.6 Å². The summed E-state index contributed by atoms with van der Waals surface area (Å²) in [6.45, 7) is 5.82. The first-order valence-corrected chi connectivity index (χ1v) is 4.46. The molecule has 2 heteroatoms. The molecule has 0 bridgehead atoms. The van der Waals surface area contributed by atoms with Gasteiger partial charge in [0.15, 0.2) is 0 Å². The number of hydrogen-bond donors (Lipinski definition) is 0. The van der Waals surface area contributed by atoms with E-state index >= 15 is 0 Å². The van der Waals surface area contributed by atoms with E-state index in [1.54, 1.807) is 11.0 Å². The number of benzene rings is 1. The van der Waals surface area contributed by atoms with Gasteiger partial charge in [0.2, 0.25) is 0 Å². The topological polar surface area (TPSA) is 20.3 Å². The molecule has 0 unspecified atom stereocenters. The summed E-state index contributed by atoms with van der Waals surface area (Å²) >= 11 is 0. The van der Waals surface area contributed by atoms with Crippen molar-refractivity contribution in [2.75, 3.05) is 4.90 Å². The molecule has 1 amide bonds. The minimum absolute atomic E-state index is 0.0288. The maximum absolute atomic E-state index is 11.4. The highest BCUT2D eigenvalue weighted by molar-refractivity contribution is 6.07. The van der Waals surface area contributed by atoms with Crippen LogP contribution in [-0.4, -0.2) is 5.91 Å². The van der Waals surface area contributed by atoms with Gasteiger partial charge in [-0.3, -0.25) is 9.69 Å². The van der Waals surface area contributed by atoms with E-state index in [9.17, 15) is 4.79 Å². The predicted molar refractivity (Wildman–Crippen MR) is 56.9 cm³/mol. The van der Waals surface area contributed by atoms with Crippen LogP contribution in [0.25, 0.3) is 0 Å². The molecule has 0 saturated carbocycles. The van der Waals surface area contributed by atoms with Gasteiger partial charge >= 0.3 is 0 Å². The van der Waals surface area contributed by atoms with Crippen molar-refractivity contribution in [1.29, 1.82) is 0 Å². The summed E-state index contributed by atoms with van der Waals surface area (Å²) < 4.78 is 0. The van der Waals surface area contributed by atoms with Gasteiger partial charge in [0.1, 0.15) is 0 Å². The smallest absolute Gasteiger partial charge is 0.255 e. The molecule has 1 aromatic rings. The third kappa shape index (κ3) is 1.35. The van der Waals surface area contributed by atoms with Gasteiger partial charge in [-0.05, 0) is 25.1 Å². The fourth-order valence-corrected chi connectivity index (χ4v) is 1.44. The number of allylic oxidation sites excluding steroid dienone is 1. The van der Waals surface area contributed by atoms with E-state index in [0.29, 0.717) is 0 Å². The van der Waals surface area contributed by atoms with Crippen molar-refractivity contribution in [2.45, 2.75) is 6.92 Å². The Kier molecular flexibility index (Phi) is 1.97. The van der Waals surface area contributed by atoms with E-state index in [1.807, 2.05) is 31.2 Å². The number of anilines is 1. The van der Waals surface area contributed by atoms with Gasteiger partial charge in [0.05, 0.1) is 0 Å². The van der Waals surface area contributed by atoms with Crippen molar-refractivity contribution in [3.8, 4) is 0 Å². The molecular formula is C12H11NO. The van der Waals surface area contributed by atoms with E-state index in [-0.39, 0.29) is 5.91 Å². The first kappa shape index (κ1) is 8.75. The van der Waals surface area contributed by atoms with Crippen LogP contribution in [-0.2, 0) is 4.79 Å². The van der Waals surface area contributed by atoms with E-state index < -0.39 is 0 Å². The molecule has 14 heavy (non-hydrogen) atoms. The first-order valence-electron chi connectivity index (χ1n) is 4.46. The second-order valence-electron chi connectivity index (χ2n) is 3.33. The lowest BCUT2D eigenvalue weighted by atomic mass is 10.2. The molecule has 0 N–H and O–H groups in total. The SMILES string of the molecule is C=C1C=CC(=O)N1c1ccc(C)cc1. The summed E-state index contributed by atoms with van der Waals surface area (Å²) in [5.41, 5.74) is 2.77. The van der Waals surface area contributed by atoms with Gasteiger partial charge in [0.25, 0.3) is 5.91 Å². The standard InChI is InChI=1S/C12H11NO/c1-9-3-6-11(7-4-9)13-10(2)5-8-12(13)14/h3-8H,2H2,1H3. The zero-order valence-electron chi connectivity index (χ0n) is 8.03. The van der Waals surface area contributed by atoms with Crippen molar-refractivity contribution in [1.82, 2.24) is 0 Å². The molecule has 1 aliphatic rings. The maximum Gasteiger partial charge on any atom is 0.255 e. The highest BCUT2D eigenvalue weighted by Crippen LogP contribution is 2.23. The van der Waals surface area contributed by atoms with Gasteiger partial charge in [-0.2, -0.15) is 0 Å². The number of rotatable bonds is 1. The van der Waals surface area contributed by atoms with Crippen LogP contribution < -0.4 is 4.90 Å². The Labute approximate surface area is 83.2 Å².